The number of carbonyl (C=O) groups excluding carboxylic acids is 1. The van der Waals surface area contributed by atoms with Gasteiger partial charge in [0.05, 0.1) is 5.56 Å². The molecular weight excluding hydrogens is 222 g/mol. The fourth-order valence-electron chi connectivity index (χ4n) is 2.42. The van der Waals surface area contributed by atoms with E-state index in [0.29, 0.717) is 0 Å². The Morgan fingerprint density at radius 3 is 2.81 bits per heavy atom. The van der Waals surface area contributed by atoms with E-state index in [1.165, 1.54) is 4.88 Å². The van der Waals surface area contributed by atoms with Crippen molar-refractivity contribution in [3.63, 3.8) is 0 Å². The summed E-state index contributed by atoms with van der Waals surface area (Å²) in [5.74, 6) is 0.0688. The molecule has 0 radical (unpaired) electrons. The van der Waals surface area contributed by atoms with E-state index in [0.717, 1.165) is 35.6 Å². The first-order chi connectivity index (χ1) is 7.61. The Labute approximate surface area is 98.4 Å². The summed E-state index contributed by atoms with van der Waals surface area (Å²) in [5, 5.41) is 10.9. The third-order valence-corrected chi connectivity index (χ3v) is 4.60. The monoisotopic (exact) mass is 237 g/mol. The lowest BCUT2D eigenvalue weighted by atomic mass is 10.0. The standard InChI is InChI=1S/C11H15N3OS/c1-6-7(2)16-10-8(6)9(15)13-11(14-10)3-4-12-5-11/h12,14H,3-5H2,1-2H3,(H,13,15). The van der Waals surface area contributed by atoms with E-state index in [4.69, 9.17) is 0 Å². The van der Waals surface area contributed by atoms with Crippen molar-refractivity contribution in [3.8, 4) is 0 Å². The molecule has 0 bridgehead atoms. The van der Waals surface area contributed by atoms with Crippen LogP contribution in [-0.4, -0.2) is 24.7 Å². The van der Waals surface area contributed by atoms with Crippen molar-refractivity contribution >= 4 is 22.2 Å². The first-order valence-electron chi connectivity index (χ1n) is 5.53. The van der Waals surface area contributed by atoms with Gasteiger partial charge < -0.3 is 16.0 Å². The molecular formula is C11H15N3OS. The van der Waals surface area contributed by atoms with Gasteiger partial charge in [0.2, 0.25) is 0 Å². The van der Waals surface area contributed by atoms with Crippen molar-refractivity contribution in [2.45, 2.75) is 25.9 Å². The molecule has 1 atom stereocenters. The number of fused-ring (bicyclic) bond motifs is 1. The smallest absolute Gasteiger partial charge is 0.256 e. The van der Waals surface area contributed by atoms with Gasteiger partial charge in [-0.25, -0.2) is 0 Å². The zero-order valence-electron chi connectivity index (χ0n) is 9.44. The highest BCUT2D eigenvalue weighted by Crippen LogP contribution is 2.37. The number of aryl methyl sites for hydroxylation is 1. The molecule has 1 amide bonds. The lowest BCUT2D eigenvalue weighted by Gasteiger charge is -2.35. The third kappa shape index (κ3) is 1.28. The second-order valence-corrected chi connectivity index (χ2v) is 5.80. The Hall–Kier alpha value is -1.07. The molecule has 1 aromatic rings. The first-order valence-corrected chi connectivity index (χ1v) is 6.34. The molecule has 0 aromatic carbocycles. The van der Waals surface area contributed by atoms with Crippen molar-refractivity contribution < 1.29 is 4.79 Å². The summed E-state index contributed by atoms with van der Waals surface area (Å²) in [6.45, 7) is 5.82. The highest BCUT2D eigenvalue weighted by Gasteiger charge is 2.41. The average Bonchev–Trinajstić information content (AvgIpc) is 2.74. The predicted molar refractivity (Wildman–Crippen MR) is 65.1 cm³/mol. The molecule has 1 saturated heterocycles. The van der Waals surface area contributed by atoms with Crippen LogP contribution in [0.4, 0.5) is 5.00 Å². The SMILES string of the molecule is Cc1sc2c(c1C)C(=O)NC1(CCNC1)N2. The quantitative estimate of drug-likeness (QED) is 0.636. The number of amides is 1. The summed E-state index contributed by atoms with van der Waals surface area (Å²) < 4.78 is 0. The molecule has 3 N–H and O–H groups in total. The molecule has 0 saturated carbocycles. The second kappa shape index (κ2) is 3.21. The van der Waals surface area contributed by atoms with Crippen molar-refractivity contribution in [1.82, 2.24) is 10.6 Å². The fraction of sp³-hybridized carbons (Fsp3) is 0.545. The van der Waals surface area contributed by atoms with Gasteiger partial charge in [-0.2, -0.15) is 0 Å². The molecule has 3 heterocycles. The van der Waals surface area contributed by atoms with Crippen LogP contribution in [0.3, 0.4) is 0 Å². The topological polar surface area (TPSA) is 53.2 Å². The Morgan fingerprint density at radius 1 is 1.31 bits per heavy atom. The lowest BCUT2D eigenvalue weighted by molar-refractivity contribution is 0.0908. The minimum atomic E-state index is -0.256. The Kier molecular flexibility index (Phi) is 2.03. The molecule has 4 nitrogen and oxygen atoms in total. The van der Waals surface area contributed by atoms with Crippen LogP contribution in [0.25, 0.3) is 0 Å². The van der Waals surface area contributed by atoms with Gasteiger partial charge in [0.1, 0.15) is 10.7 Å². The van der Waals surface area contributed by atoms with Gasteiger partial charge in [0, 0.05) is 17.8 Å². The van der Waals surface area contributed by atoms with Crippen LogP contribution >= 0.6 is 11.3 Å². The maximum absolute atomic E-state index is 12.1. The minimum Gasteiger partial charge on any atom is -0.353 e. The molecule has 86 valence electrons. The number of rotatable bonds is 0. The predicted octanol–water partition coefficient (Wildman–Crippen LogP) is 1.21. The molecule has 5 heteroatoms. The van der Waals surface area contributed by atoms with E-state index in [-0.39, 0.29) is 11.6 Å². The molecule has 2 aliphatic rings. The fourth-order valence-corrected chi connectivity index (χ4v) is 3.58. The van der Waals surface area contributed by atoms with Gasteiger partial charge in [-0.05, 0) is 26.0 Å². The van der Waals surface area contributed by atoms with Crippen molar-refractivity contribution in [2.75, 3.05) is 18.4 Å². The molecule has 1 unspecified atom stereocenters. The van der Waals surface area contributed by atoms with Crippen molar-refractivity contribution in [1.29, 1.82) is 0 Å². The number of anilines is 1. The average molecular weight is 237 g/mol. The maximum atomic E-state index is 12.1. The Morgan fingerprint density at radius 2 is 2.12 bits per heavy atom. The van der Waals surface area contributed by atoms with Crippen LogP contribution in [-0.2, 0) is 0 Å². The van der Waals surface area contributed by atoms with Gasteiger partial charge in [-0.15, -0.1) is 11.3 Å². The van der Waals surface area contributed by atoms with Gasteiger partial charge in [-0.1, -0.05) is 0 Å². The van der Waals surface area contributed by atoms with Crippen LogP contribution in [0, 0.1) is 13.8 Å². The number of hydrogen-bond donors (Lipinski definition) is 3. The summed E-state index contributed by atoms with van der Waals surface area (Å²) >= 11 is 1.68. The zero-order valence-corrected chi connectivity index (χ0v) is 10.3. The molecule has 3 rings (SSSR count). The summed E-state index contributed by atoms with van der Waals surface area (Å²) in [5.41, 5.74) is 1.68. The van der Waals surface area contributed by atoms with Crippen LogP contribution in [0.1, 0.15) is 27.2 Å². The van der Waals surface area contributed by atoms with Crippen molar-refractivity contribution in [3.05, 3.63) is 16.0 Å². The molecule has 2 aliphatic heterocycles. The molecule has 1 spiro atoms. The van der Waals surface area contributed by atoms with E-state index in [1.807, 2.05) is 6.92 Å². The minimum absolute atomic E-state index is 0.0688. The number of nitrogens with one attached hydrogen (secondary N) is 3. The van der Waals surface area contributed by atoms with Gasteiger partial charge >= 0.3 is 0 Å². The van der Waals surface area contributed by atoms with E-state index >= 15 is 0 Å². The van der Waals surface area contributed by atoms with Gasteiger partial charge in [-0.3, -0.25) is 4.79 Å². The summed E-state index contributed by atoms with van der Waals surface area (Å²) in [6.07, 6.45) is 0.939. The number of thiophene rings is 1. The van der Waals surface area contributed by atoms with Gasteiger partial charge in [0.15, 0.2) is 0 Å². The molecule has 1 aromatic heterocycles. The van der Waals surface area contributed by atoms with E-state index in [2.05, 4.69) is 22.9 Å². The third-order valence-electron chi connectivity index (χ3n) is 3.47. The summed E-state index contributed by atoms with van der Waals surface area (Å²) in [4.78, 5) is 13.3. The molecule has 16 heavy (non-hydrogen) atoms. The lowest BCUT2D eigenvalue weighted by Crippen LogP contribution is -2.58. The largest absolute Gasteiger partial charge is 0.353 e. The van der Waals surface area contributed by atoms with Gasteiger partial charge in [0.25, 0.3) is 5.91 Å². The Bertz CT molecular complexity index is 460. The van der Waals surface area contributed by atoms with E-state index in [9.17, 15) is 4.79 Å². The molecule has 0 aliphatic carbocycles. The van der Waals surface area contributed by atoms with Crippen LogP contribution < -0.4 is 16.0 Å². The van der Waals surface area contributed by atoms with Crippen LogP contribution in [0.2, 0.25) is 0 Å². The summed E-state index contributed by atoms with van der Waals surface area (Å²) in [7, 11) is 0. The first kappa shape index (κ1) is 10.1. The second-order valence-electron chi connectivity index (χ2n) is 4.58. The van der Waals surface area contributed by atoms with Crippen LogP contribution in [0.5, 0.6) is 0 Å². The highest BCUT2D eigenvalue weighted by atomic mass is 32.1. The number of carbonyl (C=O) groups is 1. The maximum Gasteiger partial charge on any atom is 0.256 e. The van der Waals surface area contributed by atoms with E-state index in [1.54, 1.807) is 11.3 Å². The Balaban J connectivity index is 2.06. The highest BCUT2D eigenvalue weighted by molar-refractivity contribution is 7.16. The zero-order chi connectivity index (χ0) is 11.3. The number of hydrogen-bond acceptors (Lipinski definition) is 4. The molecule has 1 fully saturated rings. The van der Waals surface area contributed by atoms with Crippen molar-refractivity contribution in [2.24, 2.45) is 0 Å². The van der Waals surface area contributed by atoms with E-state index < -0.39 is 0 Å². The van der Waals surface area contributed by atoms with Crippen LogP contribution in [0.15, 0.2) is 0 Å². The normalized spacial score (nSPS) is 27.8. The summed E-state index contributed by atoms with van der Waals surface area (Å²) in [6, 6.07) is 0.